The standard InChI is InChI=1S/C22H25FN4O2/c1-14-7-8-24-10-18(14)21(28)26-11-16-12-27(22(29)25(2)3)20(19(16)13-26)15-5-4-6-17(23)9-15/h4-10,16,19-20H,11-13H2,1-3H3/t16-,19-,20+/m1/s1. The van der Waals surface area contributed by atoms with E-state index in [1.54, 1.807) is 37.5 Å². The molecule has 7 heteroatoms. The van der Waals surface area contributed by atoms with Crippen molar-refractivity contribution in [3.8, 4) is 0 Å². The van der Waals surface area contributed by atoms with Gasteiger partial charge >= 0.3 is 6.03 Å². The van der Waals surface area contributed by atoms with Crippen molar-refractivity contribution < 1.29 is 14.0 Å². The summed E-state index contributed by atoms with van der Waals surface area (Å²) in [6.45, 7) is 3.58. The molecule has 1 aromatic carbocycles. The maximum atomic E-state index is 13.9. The molecule has 0 radical (unpaired) electrons. The van der Waals surface area contributed by atoms with E-state index in [-0.39, 0.29) is 35.6 Å². The molecule has 2 aliphatic rings. The number of carbonyl (C=O) groups is 2. The summed E-state index contributed by atoms with van der Waals surface area (Å²) in [6, 6.07) is 7.93. The zero-order valence-corrected chi connectivity index (χ0v) is 16.9. The molecule has 3 amide bonds. The second-order valence-corrected chi connectivity index (χ2v) is 8.15. The largest absolute Gasteiger partial charge is 0.338 e. The van der Waals surface area contributed by atoms with Gasteiger partial charge in [0.05, 0.1) is 11.6 Å². The van der Waals surface area contributed by atoms with Gasteiger partial charge in [-0.1, -0.05) is 12.1 Å². The van der Waals surface area contributed by atoms with E-state index >= 15 is 0 Å². The Bertz CT molecular complexity index is 948. The number of amides is 3. The summed E-state index contributed by atoms with van der Waals surface area (Å²) >= 11 is 0. The molecule has 2 saturated heterocycles. The Labute approximate surface area is 169 Å². The van der Waals surface area contributed by atoms with Gasteiger partial charge in [0.1, 0.15) is 5.82 Å². The number of hydrogen-bond donors (Lipinski definition) is 0. The highest BCUT2D eigenvalue weighted by Crippen LogP contribution is 2.45. The fourth-order valence-corrected chi connectivity index (χ4v) is 4.64. The van der Waals surface area contributed by atoms with Crippen molar-refractivity contribution in [1.29, 1.82) is 0 Å². The van der Waals surface area contributed by atoms with Gasteiger partial charge in [-0.05, 0) is 36.2 Å². The van der Waals surface area contributed by atoms with Crippen LogP contribution in [0.4, 0.5) is 9.18 Å². The van der Waals surface area contributed by atoms with Crippen LogP contribution in [0.3, 0.4) is 0 Å². The Morgan fingerprint density at radius 1 is 1.17 bits per heavy atom. The quantitative estimate of drug-likeness (QED) is 0.784. The highest BCUT2D eigenvalue weighted by Gasteiger charge is 2.50. The molecule has 29 heavy (non-hydrogen) atoms. The second kappa shape index (κ2) is 7.46. The molecule has 2 aliphatic heterocycles. The van der Waals surface area contributed by atoms with Crippen molar-refractivity contribution in [2.75, 3.05) is 33.7 Å². The molecule has 152 valence electrons. The minimum Gasteiger partial charge on any atom is -0.338 e. The monoisotopic (exact) mass is 396 g/mol. The summed E-state index contributed by atoms with van der Waals surface area (Å²) < 4.78 is 13.9. The maximum absolute atomic E-state index is 13.9. The number of urea groups is 1. The lowest BCUT2D eigenvalue weighted by Gasteiger charge is -2.32. The Morgan fingerprint density at radius 2 is 1.97 bits per heavy atom. The molecule has 6 nitrogen and oxygen atoms in total. The zero-order chi connectivity index (χ0) is 20.7. The molecule has 0 saturated carbocycles. The Hall–Kier alpha value is -2.96. The van der Waals surface area contributed by atoms with Gasteiger partial charge < -0.3 is 14.7 Å². The lowest BCUT2D eigenvalue weighted by atomic mass is 9.89. The van der Waals surface area contributed by atoms with Crippen LogP contribution in [-0.2, 0) is 0 Å². The molecule has 4 rings (SSSR count). The lowest BCUT2D eigenvalue weighted by molar-refractivity contribution is 0.0765. The fourth-order valence-electron chi connectivity index (χ4n) is 4.64. The number of benzene rings is 1. The number of halogens is 1. The van der Waals surface area contributed by atoms with Gasteiger partial charge in [-0.15, -0.1) is 0 Å². The number of pyridine rings is 1. The van der Waals surface area contributed by atoms with E-state index in [9.17, 15) is 14.0 Å². The summed E-state index contributed by atoms with van der Waals surface area (Å²) in [5, 5.41) is 0. The molecule has 2 aromatic rings. The lowest BCUT2D eigenvalue weighted by Crippen LogP contribution is -2.42. The molecule has 1 aromatic heterocycles. The molecule has 0 spiro atoms. The Kier molecular flexibility index (Phi) is 4.98. The summed E-state index contributed by atoms with van der Waals surface area (Å²) in [5.41, 5.74) is 2.28. The van der Waals surface area contributed by atoms with E-state index in [1.165, 1.54) is 12.1 Å². The van der Waals surface area contributed by atoms with Crippen molar-refractivity contribution in [1.82, 2.24) is 19.7 Å². The average molecular weight is 396 g/mol. The van der Waals surface area contributed by atoms with Crippen LogP contribution in [0.15, 0.2) is 42.7 Å². The number of carbonyl (C=O) groups excluding carboxylic acids is 2. The number of aromatic nitrogens is 1. The Morgan fingerprint density at radius 3 is 2.66 bits per heavy atom. The van der Waals surface area contributed by atoms with E-state index in [1.807, 2.05) is 28.9 Å². The van der Waals surface area contributed by atoms with Gasteiger partial charge in [-0.3, -0.25) is 9.78 Å². The minimum atomic E-state index is -0.319. The number of nitrogens with zero attached hydrogens (tertiary/aromatic N) is 4. The van der Waals surface area contributed by atoms with Gasteiger partial charge in [-0.25, -0.2) is 9.18 Å². The first-order chi connectivity index (χ1) is 13.9. The second-order valence-electron chi connectivity index (χ2n) is 8.15. The van der Waals surface area contributed by atoms with Crippen LogP contribution in [0.2, 0.25) is 0 Å². The third-order valence-electron chi connectivity index (χ3n) is 6.04. The fraction of sp³-hybridized carbons (Fsp3) is 0.409. The predicted molar refractivity (Wildman–Crippen MR) is 107 cm³/mol. The smallest absolute Gasteiger partial charge is 0.320 e. The number of aryl methyl sites for hydroxylation is 1. The maximum Gasteiger partial charge on any atom is 0.320 e. The first-order valence-corrected chi connectivity index (χ1v) is 9.80. The summed E-state index contributed by atoms with van der Waals surface area (Å²) in [5.74, 6) is -0.122. The van der Waals surface area contributed by atoms with Gasteiger partial charge in [0.2, 0.25) is 0 Å². The summed E-state index contributed by atoms with van der Waals surface area (Å²) in [4.78, 5) is 35.2. The number of likely N-dealkylation sites (tertiary alicyclic amines) is 2. The number of rotatable bonds is 2. The highest BCUT2D eigenvalue weighted by atomic mass is 19.1. The van der Waals surface area contributed by atoms with Crippen molar-refractivity contribution in [3.05, 3.63) is 65.2 Å². The van der Waals surface area contributed by atoms with E-state index in [4.69, 9.17) is 0 Å². The third kappa shape index (κ3) is 3.45. The summed E-state index contributed by atoms with van der Waals surface area (Å²) in [7, 11) is 3.44. The molecule has 2 fully saturated rings. The number of fused-ring (bicyclic) bond motifs is 1. The third-order valence-corrected chi connectivity index (χ3v) is 6.04. The van der Waals surface area contributed by atoms with Crippen LogP contribution in [0.25, 0.3) is 0 Å². The molecule has 3 atom stereocenters. The van der Waals surface area contributed by atoms with Crippen molar-refractivity contribution >= 4 is 11.9 Å². The zero-order valence-electron chi connectivity index (χ0n) is 16.9. The van der Waals surface area contributed by atoms with Gasteiger partial charge in [0.15, 0.2) is 0 Å². The van der Waals surface area contributed by atoms with Crippen LogP contribution in [0, 0.1) is 24.6 Å². The molecule has 0 aliphatic carbocycles. The van der Waals surface area contributed by atoms with E-state index < -0.39 is 0 Å². The van der Waals surface area contributed by atoms with Crippen molar-refractivity contribution in [2.24, 2.45) is 11.8 Å². The first-order valence-electron chi connectivity index (χ1n) is 9.80. The Balaban J connectivity index is 1.63. The topological polar surface area (TPSA) is 56.8 Å². The molecule has 0 bridgehead atoms. The van der Waals surface area contributed by atoms with Gasteiger partial charge in [-0.2, -0.15) is 0 Å². The van der Waals surface area contributed by atoms with Crippen LogP contribution in [0.5, 0.6) is 0 Å². The predicted octanol–water partition coefficient (Wildman–Crippen LogP) is 2.96. The molecular weight excluding hydrogens is 371 g/mol. The normalized spacial score (nSPS) is 23.2. The van der Waals surface area contributed by atoms with Crippen LogP contribution >= 0.6 is 0 Å². The average Bonchev–Trinajstić information content (AvgIpc) is 3.25. The molecule has 0 unspecified atom stereocenters. The molecule has 3 heterocycles. The minimum absolute atomic E-state index is 0.0338. The molecule has 0 N–H and O–H groups in total. The highest BCUT2D eigenvalue weighted by molar-refractivity contribution is 5.95. The van der Waals surface area contributed by atoms with Crippen LogP contribution < -0.4 is 0 Å². The van der Waals surface area contributed by atoms with E-state index in [2.05, 4.69) is 4.98 Å². The van der Waals surface area contributed by atoms with Crippen LogP contribution in [-0.4, -0.2) is 65.4 Å². The van der Waals surface area contributed by atoms with E-state index in [0.717, 1.165) is 11.1 Å². The first kappa shape index (κ1) is 19.4. The van der Waals surface area contributed by atoms with Crippen LogP contribution in [0.1, 0.15) is 27.5 Å². The SMILES string of the molecule is Cc1ccncc1C(=O)N1C[C@@H]2CN(C(=O)N(C)C)[C@@H](c3cccc(F)c3)[C@@H]2C1. The van der Waals surface area contributed by atoms with Crippen molar-refractivity contribution in [3.63, 3.8) is 0 Å². The molecular formula is C22H25FN4O2. The number of hydrogen-bond acceptors (Lipinski definition) is 3. The van der Waals surface area contributed by atoms with E-state index in [0.29, 0.717) is 25.2 Å². The summed E-state index contributed by atoms with van der Waals surface area (Å²) in [6.07, 6.45) is 3.28. The van der Waals surface area contributed by atoms with Gasteiger partial charge in [0.25, 0.3) is 5.91 Å². The van der Waals surface area contributed by atoms with Crippen molar-refractivity contribution in [2.45, 2.75) is 13.0 Å². The van der Waals surface area contributed by atoms with Gasteiger partial charge in [0, 0.05) is 58.0 Å².